The monoisotopic (exact) mass is 333 g/mol. The smallest absolute Gasteiger partial charge is 0.229 e. The standard InChI is InChI=1S/C19H31N3O2/c1-13-9-14(2)17(20-10-13)24-12-19(4,5)18(23)21-16-7-8-22(6)11-15(16)3/h9-10,15-16H,7-8,11-12H2,1-6H3,(H,21,23). The number of hydrogen-bond donors (Lipinski definition) is 1. The molecule has 5 heteroatoms. The van der Waals surface area contributed by atoms with Crippen molar-refractivity contribution in [3.8, 4) is 5.88 Å². The van der Waals surface area contributed by atoms with E-state index in [1.807, 2.05) is 33.8 Å². The molecule has 1 fully saturated rings. The van der Waals surface area contributed by atoms with E-state index < -0.39 is 5.41 Å². The number of aromatic nitrogens is 1. The highest BCUT2D eigenvalue weighted by atomic mass is 16.5. The van der Waals surface area contributed by atoms with Gasteiger partial charge < -0.3 is 15.0 Å². The fourth-order valence-corrected chi connectivity index (χ4v) is 3.10. The summed E-state index contributed by atoms with van der Waals surface area (Å²) in [5.74, 6) is 1.12. The van der Waals surface area contributed by atoms with Gasteiger partial charge in [-0.2, -0.15) is 0 Å². The van der Waals surface area contributed by atoms with Crippen LogP contribution in [0.25, 0.3) is 0 Å². The molecule has 1 aliphatic rings. The minimum Gasteiger partial charge on any atom is -0.476 e. The van der Waals surface area contributed by atoms with Crippen molar-refractivity contribution >= 4 is 5.91 Å². The van der Waals surface area contributed by atoms with Crippen LogP contribution in [0.1, 0.15) is 38.3 Å². The lowest BCUT2D eigenvalue weighted by Crippen LogP contribution is -2.52. The number of piperidine rings is 1. The van der Waals surface area contributed by atoms with Crippen LogP contribution < -0.4 is 10.1 Å². The van der Waals surface area contributed by atoms with E-state index in [-0.39, 0.29) is 11.9 Å². The number of hydrogen-bond acceptors (Lipinski definition) is 4. The van der Waals surface area contributed by atoms with E-state index in [4.69, 9.17) is 4.74 Å². The molecule has 0 bridgehead atoms. The third kappa shape index (κ3) is 4.69. The lowest BCUT2D eigenvalue weighted by molar-refractivity contribution is -0.132. The van der Waals surface area contributed by atoms with Crippen LogP contribution in [0.15, 0.2) is 12.3 Å². The Morgan fingerprint density at radius 3 is 2.79 bits per heavy atom. The van der Waals surface area contributed by atoms with Gasteiger partial charge in [0.05, 0.1) is 5.41 Å². The summed E-state index contributed by atoms with van der Waals surface area (Å²) in [7, 11) is 2.13. The number of pyridine rings is 1. The fourth-order valence-electron chi connectivity index (χ4n) is 3.10. The van der Waals surface area contributed by atoms with Crippen molar-refractivity contribution < 1.29 is 9.53 Å². The van der Waals surface area contributed by atoms with Crippen LogP contribution in [0.5, 0.6) is 5.88 Å². The Labute approximate surface area is 145 Å². The first-order chi connectivity index (χ1) is 11.2. The Kier molecular flexibility index (Phi) is 5.86. The molecule has 1 aromatic heterocycles. The molecule has 1 aliphatic heterocycles. The zero-order chi connectivity index (χ0) is 17.9. The molecule has 0 spiro atoms. The predicted molar refractivity (Wildman–Crippen MR) is 96.2 cm³/mol. The summed E-state index contributed by atoms with van der Waals surface area (Å²) >= 11 is 0. The molecule has 134 valence electrons. The number of carbonyl (C=O) groups excluding carboxylic acids is 1. The molecule has 2 rings (SSSR count). The van der Waals surface area contributed by atoms with Crippen molar-refractivity contribution in [3.63, 3.8) is 0 Å². The van der Waals surface area contributed by atoms with Crippen molar-refractivity contribution in [1.82, 2.24) is 15.2 Å². The second-order valence-electron chi connectivity index (χ2n) is 7.92. The number of nitrogens with one attached hydrogen (secondary N) is 1. The Bertz CT molecular complexity index is 586. The zero-order valence-electron chi connectivity index (χ0n) is 15.8. The molecule has 0 aromatic carbocycles. The van der Waals surface area contributed by atoms with E-state index in [2.05, 4.69) is 29.2 Å². The van der Waals surface area contributed by atoms with Gasteiger partial charge in [-0.1, -0.05) is 6.92 Å². The quantitative estimate of drug-likeness (QED) is 0.900. The first-order valence-corrected chi connectivity index (χ1v) is 8.74. The maximum absolute atomic E-state index is 12.7. The summed E-state index contributed by atoms with van der Waals surface area (Å²) in [6.45, 7) is 12.4. The van der Waals surface area contributed by atoms with Gasteiger partial charge in [0, 0.05) is 24.3 Å². The summed E-state index contributed by atoms with van der Waals surface area (Å²) in [6, 6.07) is 2.28. The van der Waals surface area contributed by atoms with Crippen molar-refractivity contribution in [1.29, 1.82) is 0 Å². The van der Waals surface area contributed by atoms with Gasteiger partial charge in [-0.05, 0) is 65.3 Å². The van der Waals surface area contributed by atoms with Crippen molar-refractivity contribution in [2.75, 3.05) is 26.7 Å². The predicted octanol–water partition coefficient (Wildman–Crippen LogP) is 2.56. The lowest BCUT2D eigenvalue weighted by Gasteiger charge is -2.37. The Hall–Kier alpha value is -1.62. The molecule has 1 saturated heterocycles. The van der Waals surface area contributed by atoms with Gasteiger partial charge in [-0.3, -0.25) is 4.79 Å². The number of rotatable bonds is 5. The minimum atomic E-state index is -0.595. The highest BCUT2D eigenvalue weighted by Gasteiger charge is 2.33. The first-order valence-electron chi connectivity index (χ1n) is 8.74. The number of amides is 1. The van der Waals surface area contributed by atoms with E-state index in [1.54, 1.807) is 6.20 Å². The molecule has 1 aromatic rings. The Balaban J connectivity index is 1.92. The highest BCUT2D eigenvalue weighted by molar-refractivity contribution is 5.82. The molecule has 2 heterocycles. The Morgan fingerprint density at radius 1 is 1.46 bits per heavy atom. The van der Waals surface area contributed by atoms with Gasteiger partial charge in [0.25, 0.3) is 0 Å². The maximum atomic E-state index is 12.7. The van der Waals surface area contributed by atoms with Gasteiger partial charge >= 0.3 is 0 Å². The van der Waals surface area contributed by atoms with Gasteiger partial charge in [0.2, 0.25) is 11.8 Å². The molecule has 24 heavy (non-hydrogen) atoms. The van der Waals surface area contributed by atoms with Gasteiger partial charge in [0.1, 0.15) is 6.61 Å². The molecule has 2 unspecified atom stereocenters. The van der Waals surface area contributed by atoms with Crippen molar-refractivity contribution in [2.45, 2.75) is 47.1 Å². The highest BCUT2D eigenvalue weighted by Crippen LogP contribution is 2.22. The largest absolute Gasteiger partial charge is 0.476 e. The van der Waals surface area contributed by atoms with Crippen LogP contribution in [0.2, 0.25) is 0 Å². The van der Waals surface area contributed by atoms with Crippen LogP contribution in [0, 0.1) is 25.2 Å². The number of aryl methyl sites for hydroxylation is 2. The second kappa shape index (κ2) is 7.51. The van der Waals surface area contributed by atoms with Crippen molar-refractivity contribution in [3.05, 3.63) is 23.4 Å². The molecule has 0 saturated carbocycles. The van der Waals surface area contributed by atoms with Crippen molar-refractivity contribution in [2.24, 2.45) is 11.3 Å². The van der Waals surface area contributed by atoms with Crippen LogP contribution in [-0.2, 0) is 4.79 Å². The average molecular weight is 333 g/mol. The van der Waals surface area contributed by atoms with Crippen LogP contribution in [0.4, 0.5) is 0 Å². The average Bonchev–Trinajstić information content (AvgIpc) is 2.49. The second-order valence-corrected chi connectivity index (χ2v) is 7.92. The van der Waals surface area contributed by atoms with Gasteiger partial charge in [0.15, 0.2) is 0 Å². The fraction of sp³-hybridized carbons (Fsp3) is 0.684. The minimum absolute atomic E-state index is 0.0497. The van der Waals surface area contributed by atoms with Crippen LogP contribution in [0.3, 0.4) is 0 Å². The SMILES string of the molecule is Cc1cnc(OCC(C)(C)C(=O)NC2CCN(C)CC2C)c(C)c1. The maximum Gasteiger partial charge on any atom is 0.229 e. The van der Waals surface area contributed by atoms with E-state index in [0.29, 0.717) is 18.4 Å². The van der Waals surface area contributed by atoms with E-state index in [1.165, 1.54) is 0 Å². The van der Waals surface area contributed by atoms with E-state index >= 15 is 0 Å². The summed E-state index contributed by atoms with van der Waals surface area (Å²) < 4.78 is 5.83. The topological polar surface area (TPSA) is 54.5 Å². The molecular formula is C19H31N3O2. The lowest BCUT2D eigenvalue weighted by atomic mass is 9.89. The number of ether oxygens (including phenoxy) is 1. The van der Waals surface area contributed by atoms with Crippen LogP contribution in [-0.4, -0.2) is 48.6 Å². The Morgan fingerprint density at radius 2 is 2.17 bits per heavy atom. The molecule has 1 amide bonds. The van der Waals surface area contributed by atoms with E-state index in [9.17, 15) is 4.79 Å². The summed E-state index contributed by atoms with van der Waals surface area (Å²) in [5.41, 5.74) is 1.51. The normalized spacial score (nSPS) is 22.2. The third-order valence-electron chi connectivity index (χ3n) is 4.78. The van der Waals surface area contributed by atoms with Crippen LogP contribution >= 0.6 is 0 Å². The first kappa shape index (κ1) is 18.7. The number of nitrogens with zero attached hydrogens (tertiary/aromatic N) is 2. The molecule has 1 N–H and O–H groups in total. The summed E-state index contributed by atoms with van der Waals surface area (Å²) in [5, 5.41) is 3.22. The molecule has 5 nitrogen and oxygen atoms in total. The zero-order valence-corrected chi connectivity index (χ0v) is 15.8. The summed E-state index contributed by atoms with van der Waals surface area (Å²) in [4.78, 5) is 19.3. The van der Waals surface area contributed by atoms with Gasteiger partial charge in [-0.15, -0.1) is 0 Å². The summed E-state index contributed by atoms with van der Waals surface area (Å²) in [6.07, 6.45) is 2.79. The van der Waals surface area contributed by atoms with Gasteiger partial charge in [-0.25, -0.2) is 4.98 Å². The molecule has 0 aliphatic carbocycles. The molecule has 0 radical (unpaired) electrons. The third-order valence-corrected chi connectivity index (χ3v) is 4.78. The number of likely N-dealkylation sites (tertiary alicyclic amines) is 1. The van der Waals surface area contributed by atoms with E-state index in [0.717, 1.165) is 30.6 Å². The number of carbonyl (C=O) groups is 1. The molecule has 2 atom stereocenters. The molecular weight excluding hydrogens is 302 g/mol.